The fraction of sp³-hybridized carbons (Fsp3) is 0.438. The zero-order valence-electron chi connectivity index (χ0n) is 13.5. The van der Waals surface area contributed by atoms with Crippen molar-refractivity contribution in [1.29, 1.82) is 0 Å². The molecule has 118 valence electrons. The molecule has 0 saturated heterocycles. The molecule has 22 heavy (non-hydrogen) atoms. The van der Waals surface area contributed by atoms with Gasteiger partial charge in [-0.25, -0.2) is 4.52 Å². The zero-order valence-corrected chi connectivity index (χ0v) is 14.3. The highest BCUT2D eigenvalue weighted by molar-refractivity contribution is 7.98. The van der Waals surface area contributed by atoms with Crippen LogP contribution >= 0.6 is 11.8 Å². The molecule has 0 amide bonds. The Labute approximate surface area is 134 Å². The molecule has 2 heterocycles. The first kappa shape index (κ1) is 16.5. The smallest absolute Gasteiger partial charge is 0.319 e. The molecule has 2 aromatic heterocycles. The van der Waals surface area contributed by atoms with Gasteiger partial charge in [-0.15, -0.1) is 11.8 Å². The van der Waals surface area contributed by atoms with Gasteiger partial charge in [0.2, 0.25) is 0 Å². The van der Waals surface area contributed by atoms with Gasteiger partial charge in [0, 0.05) is 5.56 Å². The Morgan fingerprint density at radius 3 is 2.59 bits per heavy atom. The molecule has 0 fully saturated rings. The van der Waals surface area contributed by atoms with E-state index in [4.69, 9.17) is 4.74 Å². The van der Waals surface area contributed by atoms with E-state index in [9.17, 15) is 9.59 Å². The normalized spacial score (nSPS) is 11.7. The van der Waals surface area contributed by atoms with E-state index in [-0.39, 0.29) is 5.78 Å². The van der Waals surface area contributed by atoms with Crippen LogP contribution in [0.3, 0.4) is 0 Å². The topological polar surface area (TPSA) is 60.7 Å². The summed E-state index contributed by atoms with van der Waals surface area (Å²) in [6.45, 7) is 5.18. The first-order valence-electron chi connectivity index (χ1n) is 7.05. The first-order valence-corrected chi connectivity index (χ1v) is 8.28. The molecule has 6 heteroatoms. The first-order chi connectivity index (χ1) is 10.4. The molecule has 0 spiro atoms. The Kier molecular flexibility index (Phi) is 4.60. The minimum Gasteiger partial charge on any atom is -0.468 e. The number of aromatic nitrogens is 2. The van der Waals surface area contributed by atoms with Crippen molar-refractivity contribution < 1.29 is 14.3 Å². The minimum atomic E-state index is -1.23. The number of carbonyl (C=O) groups excluding carboxylic acids is 2. The number of hydrogen-bond acceptors (Lipinski definition) is 5. The fourth-order valence-corrected chi connectivity index (χ4v) is 2.82. The van der Waals surface area contributed by atoms with Gasteiger partial charge in [-0.3, -0.25) is 9.59 Å². The average molecular weight is 320 g/mol. The van der Waals surface area contributed by atoms with Gasteiger partial charge in [0.15, 0.2) is 5.78 Å². The lowest BCUT2D eigenvalue weighted by Gasteiger charge is -2.20. The molecule has 0 aliphatic carbocycles. The van der Waals surface area contributed by atoms with E-state index in [0.717, 1.165) is 22.7 Å². The molecule has 0 unspecified atom stereocenters. The lowest BCUT2D eigenvalue weighted by atomic mass is 9.84. The van der Waals surface area contributed by atoms with Crippen LogP contribution < -0.4 is 0 Å². The molecular formula is C16H20N2O3S. The molecule has 0 aromatic carbocycles. The maximum Gasteiger partial charge on any atom is 0.319 e. The van der Waals surface area contributed by atoms with Gasteiger partial charge in [-0.2, -0.15) is 5.10 Å². The summed E-state index contributed by atoms with van der Waals surface area (Å²) >= 11 is 1.56. The van der Waals surface area contributed by atoms with Crippen molar-refractivity contribution in [3.05, 3.63) is 29.5 Å². The second kappa shape index (κ2) is 6.12. The number of Topliss-reactive ketones (excluding diaryl/α,β-unsaturated/α-hetero) is 1. The predicted molar refractivity (Wildman–Crippen MR) is 86.5 cm³/mol. The fourth-order valence-electron chi connectivity index (χ4n) is 2.30. The van der Waals surface area contributed by atoms with Gasteiger partial charge in [0.1, 0.15) is 5.41 Å². The molecule has 0 saturated carbocycles. The van der Waals surface area contributed by atoms with Gasteiger partial charge >= 0.3 is 5.97 Å². The third-order valence-electron chi connectivity index (χ3n) is 3.72. The number of methoxy groups -OCH3 is 1. The van der Waals surface area contributed by atoms with Gasteiger partial charge in [-0.1, -0.05) is 6.92 Å². The highest BCUT2D eigenvalue weighted by atomic mass is 32.2. The Morgan fingerprint density at radius 1 is 1.36 bits per heavy atom. The molecule has 0 N–H and O–H groups in total. The van der Waals surface area contributed by atoms with Crippen LogP contribution in [0.25, 0.3) is 5.52 Å². The summed E-state index contributed by atoms with van der Waals surface area (Å²) in [5.74, 6) is -0.806. The number of aryl methyl sites for hydroxylation is 1. The molecule has 0 aliphatic rings. The summed E-state index contributed by atoms with van der Waals surface area (Å²) in [5.41, 5.74) is 0.893. The van der Waals surface area contributed by atoms with E-state index < -0.39 is 11.4 Å². The third kappa shape index (κ3) is 2.63. The Morgan fingerprint density at radius 2 is 2.05 bits per heavy atom. The Hall–Kier alpha value is -1.82. The van der Waals surface area contributed by atoms with Crippen LogP contribution in [0, 0.1) is 5.41 Å². The van der Waals surface area contributed by atoms with Crippen LogP contribution in [0.1, 0.15) is 36.8 Å². The average Bonchev–Trinajstić information content (AvgIpc) is 2.96. The zero-order chi connectivity index (χ0) is 16.5. The van der Waals surface area contributed by atoms with Crippen LogP contribution in [-0.4, -0.2) is 34.7 Å². The van der Waals surface area contributed by atoms with E-state index in [1.54, 1.807) is 36.2 Å². The molecule has 0 atom stereocenters. The van der Waals surface area contributed by atoms with Crippen molar-refractivity contribution >= 4 is 29.0 Å². The molecule has 0 radical (unpaired) electrons. The molecule has 5 nitrogen and oxygen atoms in total. The van der Waals surface area contributed by atoms with Crippen LogP contribution in [0.15, 0.2) is 23.2 Å². The number of fused-ring (bicyclic) bond motifs is 1. The van der Waals surface area contributed by atoms with Crippen LogP contribution in [-0.2, 0) is 16.0 Å². The number of ether oxygens (including phenoxy) is 1. The van der Waals surface area contributed by atoms with Crippen molar-refractivity contribution in [2.24, 2.45) is 5.41 Å². The van der Waals surface area contributed by atoms with Crippen molar-refractivity contribution in [3.8, 4) is 0 Å². The van der Waals surface area contributed by atoms with Gasteiger partial charge in [-0.05, 0) is 44.7 Å². The highest BCUT2D eigenvalue weighted by Gasteiger charge is 2.38. The maximum atomic E-state index is 12.8. The summed E-state index contributed by atoms with van der Waals surface area (Å²) in [6, 6.07) is 5.51. The monoisotopic (exact) mass is 320 g/mol. The van der Waals surface area contributed by atoms with Crippen LogP contribution in [0.5, 0.6) is 0 Å². The lowest BCUT2D eigenvalue weighted by Crippen LogP contribution is -2.34. The predicted octanol–water partition coefficient (Wildman–Crippen LogP) is 3.00. The SMILES string of the molecule is CCc1cc2c(C(=O)C(C)(C)C(=O)OC)ccc(SC)n2n1. The second-order valence-electron chi connectivity index (χ2n) is 5.52. The summed E-state index contributed by atoms with van der Waals surface area (Å²) in [6.07, 6.45) is 2.74. The van der Waals surface area contributed by atoms with Crippen molar-refractivity contribution in [2.45, 2.75) is 32.2 Å². The number of nitrogens with zero attached hydrogens (tertiary/aromatic N) is 2. The maximum absolute atomic E-state index is 12.8. The van der Waals surface area contributed by atoms with Crippen LogP contribution in [0.2, 0.25) is 0 Å². The number of rotatable bonds is 5. The van der Waals surface area contributed by atoms with E-state index in [2.05, 4.69) is 5.10 Å². The third-order valence-corrected chi connectivity index (χ3v) is 4.44. The molecule has 0 bridgehead atoms. The quantitative estimate of drug-likeness (QED) is 0.367. The Balaban J connectivity index is 2.63. The highest BCUT2D eigenvalue weighted by Crippen LogP contribution is 2.28. The van der Waals surface area contributed by atoms with Crippen molar-refractivity contribution in [3.63, 3.8) is 0 Å². The number of carbonyl (C=O) groups is 2. The molecule has 2 aromatic rings. The standard InChI is InChI=1S/C16H20N2O3S/c1-6-10-9-12-11(7-8-13(22-5)18(12)17-10)14(19)16(2,3)15(20)21-4/h7-9H,6H2,1-5H3. The van der Waals surface area contributed by atoms with E-state index in [0.29, 0.717) is 5.56 Å². The number of thioether (sulfide) groups is 1. The van der Waals surface area contributed by atoms with Gasteiger partial charge < -0.3 is 4.74 Å². The summed E-state index contributed by atoms with van der Waals surface area (Å²) in [5, 5.41) is 5.47. The number of ketones is 1. The lowest BCUT2D eigenvalue weighted by molar-refractivity contribution is -0.147. The van der Waals surface area contributed by atoms with E-state index in [1.165, 1.54) is 7.11 Å². The van der Waals surface area contributed by atoms with E-state index in [1.807, 2.05) is 25.3 Å². The number of hydrogen-bond donors (Lipinski definition) is 0. The Bertz CT molecular complexity index is 734. The summed E-state index contributed by atoms with van der Waals surface area (Å²) in [4.78, 5) is 24.7. The summed E-state index contributed by atoms with van der Waals surface area (Å²) in [7, 11) is 1.29. The van der Waals surface area contributed by atoms with Gasteiger partial charge in [0.25, 0.3) is 0 Å². The van der Waals surface area contributed by atoms with E-state index >= 15 is 0 Å². The second-order valence-corrected chi connectivity index (χ2v) is 6.35. The van der Waals surface area contributed by atoms with Gasteiger partial charge in [0.05, 0.1) is 23.3 Å². The molecule has 0 aliphatic heterocycles. The molecule has 2 rings (SSSR count). The minimum absolute atomic E-state index is 0.264. The number of pyridine rings is 1. The number of esters is 1. The van der Waals surface area contributed by atoms with Crippen LogP contribution in [0.4, 0.5) is 0 Å². The molecular weight excluding hydrogens is 300 g/mol. The van der Waals surface area contributed by atoms with Crippen molar-refractivity contribution in [2.75, 3.05) is 13.4 Å². The summed E-state index contributed by atoms with van der Waals surface area (Å²) < 4.78 is 6.52. The largest absolute Gasteiger partial charge is 0.468 e. The van der Waals surface area contributed by atoms with Crippen molar-refractivity contribution in [1.82, 2.24) is 9.61 Å².